The van der Waals surface area contributed by atoms with Crippen LogP contribution in [0.2, 0.25) is 0 Å². The second-order valence-electron chi connectivity index (χ2n) is 5.46. The van der Waals surface area contributed by atoms with Crippen molar-refractivity contribution in [1.82, 2.24) is 0 Å². The van der Waals surface area contributed by atoms with E-state index in [9.17, 15) is 14.0 Å². The highest BCUT2D eigenvalue weighted by Gasteiger charge is 2.30. The molecule has 0 unspecified atom stereocenters. The number of carbonyl (C=O) groups excluding carboxylic acids is 2. The smallest absolute Gasteiger partial charge is 0.261 e. The van der Waals surface area contributed by atoms with Crippen LogP contribution in [0.5, 0.6) is 0 Å². The molecule has 1 aliphatic rings. The lowest BCUT2D eigenvalue weighted by molar-refractivity contribution is -0.125. The highest BCUT2D eigenvalue weighted by Crippen LogP contribution is 2.34. The van der Waals surface area contributed by atoms with Crippen LogP contribution in [0, 0.1) is 0 Å². The molecule has 0 bridgehead atoms. The van der Waals surface area contributed by atoms with E-state index in [0.29, 0.717) is 18.7 Å². The zero-order valence-corrected chi connectivity index (χ0v) is 12.4. The molecule has 0 radical (unpaired) electrons. The van der Waals surface area contributed by atoms with Gasteiger partial charge in [0.2, 0.25) is 0 Å². The number of rotatable bonds is 4. The van der Waals surface area contributed by atoms with E-state index in [0.717, 1.165) is 11.3 Å². The zero-order chi connectivity index (χ0) is 15.6. The lowest BCUT2D eigenvalue weighted by Crippen LogP contribution is -2.33. The molecule has 1 N–H and O–H groups in total. The number of amides is 2. The van der Waals surface area contributed by atoms with E-state index in [1.165, 1.54) is 21.0 Å². The minimum atomic E-state index is -1.95. The SMILES string of the molecule is COCC(=O)N1CCc2c(NC(=O)C(C)(C)F)cccc21. The Hall–Kier alpha value is -1.95. The van der Waals surface area contributed by atoms with Gasteiger partial charge in [-0.3, -0.25) is 9.59 Å². The first-order chi connectivity index (χ1) is 9.84. The van der Waals surface area contributed by atoms with Gasteiger partial charge in [0, 0.05) is 30.6 Å². The van der Waals surface area contributed by atoms with Gasteiger partial charge in [0.1, 0.15) is 6.61 Å². The molecule has 2 rings (SSSR count). The number of hydrogen-bond acceptors (Lipinski definition) is 3. The van der Waals surface area contributed by atoms with Gasteiger partial charge in [-0.2, -0.15) is 0 Å². The Morgan fingerprint density at radius 3 is 2.76 bits per heavy atom. The fourth-order valence-electron chi connectivity index (χ4n) is 2.28. The molecule has 2 amide bonds. The van der Waals surface area contributed by atoms with Gasteiger partial charge in [0.05, 0.1) is 0 Å². The third-order valence-electron chi connectivity index (χ3n) is 3.38. The summed E-state index contributed by atoms with van der Waals surface area (Å²) in [6.45, 7) is 2.96. The van der Waals surface area contributed by atoms with Crippen LogP contribution in [0.15, 0.2) is 18.2 Å². The van der Waals surface area contributed by atoms with Crippen LogP contribution in [0.1, 0.15) is 19.4 Å². The Bertz CT molecular complexity index is 567. The number of alkyl halides is 1. The van der Waals surface area contributed by atoms with E-state index in [4.69, 9.17) is 4.74 Å². The third-order valence-corrected chi connectivity index (χ3v) is 3.38. The number of benzene rings is 1. The minimum Gasteiger partial charge on any atom is -0.375 e. The molecule has 1 aliphatic heterocycles. The van der Waals surface area contributed by atoms with E-state index >= 15 is 0 Å². The van der Waals surface area contributed by atoms with Gasteiger partial charge in [-0.25, -0.2) is 4.39 Å². The first-order valence-corrected chi connectivity index (χ1v) is 6.76. The van der Waals surface area contributed by atoms with Crippen LogP contribution in [0.25, 0.3) is 0 Å². The largest absolute Gasteiger partial charge is 0.375 e. The van der Waals surface area contributed by atoms with Crippen molar-refractivity contribution in [3.8, 4) is 0 Å². The Balaban J connectivity index is 2.25. The number of nitrogens with zero attached hydrogens (tertiary/aromatic N) is 1. The second kappa shape index (κ2) is 5.81. The highest BCUT2D eigenvalue weighted by atomic mass is 19.1. The normalized spacial score (nSPS) is 14.0. The van der Waals surface area contributed by atoms with E-state index in [2.05, 4.69) is 5.32 Å². The summed E-state index contributed by atoms with van der Waals surface area (Å²) in [6, 6.07) is 5.26. The number of halogens is 1. The standard InChI is InChI=1S/C15H19FN2O3/c1-15(2,16)14(20)17-11-5-4-6-12-10(11)7-8-18(12)13(19)9-21-3/h4-6H,7-9H2,1-3H3,(H,17,20). The van der Waals surface area contributed by atoms with E-state index < -0.39 is 11.6 Å². The zero-order valence-electron chi connectivity index (χ0n) is 12.4. The number of nitrogens with one attached hydrogen (secondary N) is 1. The molecule has 21 heavy (non-hydrogen) atoms. The minimum absolute atomic E-state index is 0.00748. The van der Waals surface area contributed by atoms with Gasteiger partial charge in [0.15, 0.2) is 5.67 Å². The first kappa shape index (κ1) is 15.4. The van der Waals surface area contributed by atoms with Crippen molar-refractivity contribution in [2.75, 3.05) is 30.5 Å². The molecule has 0 aliphatic carbocycles. The van der Waals surface area contributed by atoms with Crippen LogP contribution < -0.4 is 10.2 Å². The van der Waals surface area contributed by atoms with Crippen molar-refractivity contribution >= 4 is 23.2 Å². The maximum absolute atomic E-state index is 13.6. The summed E-state index contributed by atoms with van der Waals surface area (Å²) in [5, 5.41) is 2.59. The van der Waals surface area contributed by atoms with Crippen molar-refractivity contribution in [3.63, 3.8) is 0 Å². The molecule has 0 aromatic heterocycles. The third kappa shape index (κ3) is 3.21. The highest BCUT2D eigenvalue weighted by molar-refractivity contribution is 6.01. The van der Waals surface area contributed by atoms with Crippen molar-refractivity contribution < 1.29 is 18.7 Å². The maximum Gasteiger partial charge on any atom is 0.261 e. The summed E-state index contributed by atoms with van der Waals surface area (Å²) in [4.78, 5) is 25.3. The summed E-state index contributed by atoms with van der Waals surface area (Å²) in [5.74, 6) is -0.830. The molecule has 0 atom stereocenters. The average Bonchev–Trinajstić information content (AvgIpc) is 2.82. The van der Waals surface area contributed by atoms with Crippen LogP contribution in [0.4, 0.5) is 15.8 Å². The fraction of sp³-hybridized carbons (Fsp3) is 0.467. The summed E-state index contributed by atoms with van der Waals surface area (Å²) in [6.07, 6.45) is 0.619. The van der Waals surface area contributed by atoms with Gasteiger partial charge in [-0.05, 0) is 32.4 Å². The second-order valence-corrected chi connectivity index (χ2v) is 5.46. The molecule has 1 aromatic rings. The van der Waals surface area contributed by atoms with Crippen molar-refractivity contribution in [3.05, 3.63) is 23.8 Å². The topological polar surface area (TPSA) is 58.6 Å². The molecule has 0 saturated carbocycles. The number of anilines is 2. The van der Waals surface area contributed by atoms with Gasteiger partial charge in [0.25, 0.3) is 11.8 Å². The van der Waals surface area contributed by atoms with Crippen LogP contribution in [0.3, 0.4) is 0 Å². The molecular weight excluding hydrogens is 275 g/mol. The first-order valence-electron chi connectivity index (χ1n) is 6.76. The summed E-state index contributed by atoms with van der Waals surface area (Å²) >= 11 is 0. The van der Waals surface area contributed by atoms with Crippen molar-refractivity contribution in [2.45, 2.75) is 25.9 Å². The Morgan fingerprint density at radius 1 is 1.43 bits per heavy atom. The number of ether oxygens (including phenoxy) is 1. The van der Waals surface area contributed by atoms with Crippen molar-refractivity contribution in [2.24, 2.45) is 0 Å². The van der Waals surface area contributed by atoms with Crippen LogP contribution in [-0.2, 0) is 20.7 Å². The Kier molecular flexibility index (Phi) is 4.27. The number of fused-ring (bicyclic) bond motifs is 1. The maximum atomic E-state index is 13.6. The molecule has 0 saturated heterocycles. The Morgan fingerprint density at radius 2 is 2.14 bits per heavy atom. The van der Waals surface area contributed by atoms with Crippen LogP contribution >= 0.6 is 0 Å². The Labute approximate surface area is 123 Å². The van der Waals surface area contributed by atoms with Crippen molar-refractivity contribution in [1.29, 1.82) is 0 Å². The summed E-state index contributed by atoms with van der Waals surface area (Å²) < 4.78 is 18.5. The molecule has 0 fully saturated rings. The average molecular weight is 294 g/mol. The lowest BCUT2D eigenvalue weighted by Gasteiger charge is -2.18. The molecule has 5 nitrogen and oxygen atoms in total. The summed E-state index contributed by atoms with van der Waals surface area (Å²) in [5.41, 5.74) is 0.189. The van der Waals surface area contributed by atoms with Crippen LogP contribution in [-0.4, -0.2) is 37.7 Å². The van der Waals surface area contributed by atoms with Gasteiger partial charge in [-0.1, -0.05) is 6.07 Å². The quantitative estimate of drug-likeness (QED) is 0.923. The van der Waals surface area contributed by atoms with E-state index in [-0.39, 0.29) is 12.5 Å². The number of methoxy groups -OCH3 is 1. The predicted octanol–water partition coefficient (Wildman–Crippen LogP) is 1.91. The summed E-state index contributed by atoms with van der Waals surface area (Å²) in [7, 11) is 1.47. The molecule has 1 aromatic carbocycles. The molecule has 6 heteroatoms. The molecular formula is C15H19FN2O3. The monoisotopic (exact) mass is 294 g/mol. The molecule has 114 valence electrons. The van der Waals surface area contributed by atoms with E-state index in [1.807, 2.05) is 6.07 Å². The molecule has 0 spiro atoms. The fourth-order valence-corrected chi connectivity index (χ4v) is 2.28. The predicted molar refractivity (Wildman–Crippen MR) is 78.2 cm³/mol. The van der Waals surface area contributed by atoms with Gasteiger partial charge in [-0.15, -0.1) is 0 Å². The number of hydrogen-bond donors (Lipinski definition) is 1. The number of carbonyl (C=O) groups is 2. The lowest BCUT2D eigenvalue weighted by atomic mass is 10.1. The van der Waals surface area contributed by atoms with E-state index in [1.54, 1.807) is 17.0 Å². The van der Waals surface area contributed by atoms with Gasteiger partial charge < -0.3 is 15.0 Å². The van der Waals surface area contributed by atoms with Gasteiger partial charge >= 0.3 is 0 Å². The molecule has 1 heterocycles.